The van der Waals surface area contributed by atoms with E-state index in [9.17, 15) is 0 Å². The zero-order chi connectivity index (χ0) is 14.8. The van der Waals surface area contributed by atoms with E-state index in [2.05, 4.69) is 62.5 Å². The maximum absolute atomic E-state index is 2.46. The van der Waals surface area contributed by atoms with Crippen LogP contribution in [-0.4, -0.2) is 0 Å². The molecule has 0 radical (unpaired) electrons. The van der Waals surface area contributed by atoms with Gasteiger partial charge >= 0.3 is 0 Å². The van der Waals surface area contributed by atoms with E-state index in [1.54, 1.807) is 0 Å². The van der Waals surface area contributed by atoms with E-state index >= 15 is 0 Å². The first-order valence-corrected chi connectivity index (χ1v) is 9.45. The molecule has 23 heavy (non-hydrogen) atoms. The third-order valence-corrected chi connectivity index (χ3v) is 7.65. The van der Waals surface area contributed by atoms with Gasteiger partial charge in [-0.2, -0.15) is 0 Å². The Kier molecular flexibility index (Phi) is 3.70. The number of allylic oxidation sites excluding steroid dienone is 8. The Morgan fingerprint density at radius 2 is 0.913 bits per heavy atom. The highest BCUT2D eigenvalue weighted by Crippen LogP contribution is 2.55. The quantitative estimate of drug-likeness (QED) is 0.489. The van der Waals surface area contributed by atoms with Gasteiger partial charge in [0.1, 0.15) is 0 Å². The molecular weight excluding hydrogens is 276 g/mol. The van der Waals surface area contributed by atoms with Gasteiger partial charge in [0.2, 0.25) is 0 Å². The fourth-order valence-electron chi connectivity index (χ4n) is 6.68. The van der Waals surface area contributed by atoms with Crippen molar-refractivity contribution in [1.29, 1.82) is 0 Å². The summed E-state index contributed by atoms with van der Waals surface area (Å²) in [5, 5.41) is 0. The minimum absolute atomic E-state index is 0. The molecule has 0 aromatic rings. The smallest absolute Gasteiger partial charge is 0.0131 e. The third kappa shape index (κ3) is 2.17. The van der Waals surface area contributed by atoms with Crippen molar-refractivity contribution in [2.24, 2.45) is 59.2 Å². The largest absolute Gasteiger partial charge is 0.0851 e. The van der Waals surface area contributed by atoms with Crippen molar-refractivity contribution in [3.63, 3.8) is 0 Å². The minimum Gasteiger partial charge on any atom is -0.0851 e. The SMILES string of the molecule is C.CC1C=CC2C3C=CC(C3)C12.CC1C=CC2C3C=CC(C3)C12. The maximum atomic E-state index is 2.46. The van der Waals surface area contributed by atoms with Gasteiger partial charge in [0.05, 0.1) is 0 Å². The fourth-order valence-corrected chi connectivity index (χ4v) is 6.68. The Hall–Kier alpha value is -1.04. The average molecular weight is 309 g/mol. The lowest BCUT2D eigenvalue weighted by Crippen LogP contribution is -2.18. The molecule has 0 aromatic heterocycles. The van der Waals surface area contributed by atoms with Crippen LogP contribution in [0.1, 0.15) is 34.1 Å². The van der Waals surface area contributed by atoms with Crippen LogP contribution in [0.5, 0.6) is 0 Å². The van der Waals surface area contributed by atoms with Crippen LogP contribution in [0.2, 0.25) is 0 Å². The lowest BCUT2D eigenvalue weighted by molar-refractivity contribution is 0.326. The summed E-state index contributed by atoms with van der Waals surface area (Å²) in [6, 6.07) is 0. The lowest BCUT2D eigenvalue weighted by Gasteiger charge is -2.23. The molecule has 0 aliphatic heterocycles. The van der Waals surface area contributed by atoms with Crippen LogP contribution < -0.4 is 0 Å². The molecule has 0 aromatic carbocycles. The van der Waals surface area contributed by atoms with E-state index in [4.69, 9.17) is 0 Å². The predicted octanol–water partition coefficient (Wildman–Crippen LogP) is 5.90. The van der Waals surface area contributed by atoms with E-state index in [1.165, 1.54) is 12.8 Å². The summed E-state index contributed by atoms with van der Waals surface area (Å²) in [4.78, 5) is 0. The van der Waals surface area contributed by atoms with Crippen molar-refractivity contribution in [1.82, 2.24) is 0 Å². The minimum atomic E-state index is 0. The van der Waals surface area contributed by atoms with Crippen molar-refractivity contribution < 1.29 is 0 Å². The summed E-state index contributed by atoms with van der Waals surface area (Å²) in [5.41, 5.74) is 0. The molecule has 0 heterocycles. The van der Waals surface area contributed by atoms with Crippen molar-refractivity contribution in [3.05, 3.63) is 48.6 Å². The van der Waals surface area contributed by atoms with Gasteiger partial charge in [-0.1, -0.05) is 69.9 Å². The molecule has 124 valence electrons. The third-order valence-electron chi connectivity index (χ3n) is 7.65. The molecule has 4 bridgehead atoms. The molecule has 2 saturated carbocycles. The molecule has 6 aliphatic rings. The topological polar surface area (TPSA) is 0 Å². The summed E-state index contributed by atoms with van der Waals surface area (Å²) in [7, 11) is 0. The van der Waals surface area contributed by atoms with E-state index in [1.807, 2.05) is 0 Å². The molecule has 0 heteroatoms. The van der Waals surface area contributed by atoms with Gasteiger partial charge in [-0.05, 0) is 72.0 Å². The Labute approximate surface area is 142 Å². The van der Waals surface area contributed by atoms with Crippen LogP contribution >= 0.6 is 0 Å². The standard InChI is InChI=1S/2C11H14.CH4/c2*1-7-2-5-10-8-3-4-9(6-8)11(7)10;/h2*2-5,7-11H,6H2,1H3;1H4. The van der Waals surface area contributed by atoms with Gasteiger partial charge < -0.3 is 0 Å². The van der Waals surface area contributed by atoms with Crippen molar-refractivity contribution in [2.75, 3.05) is 0 Å². The van der Waals surface area contributed by atoms with Crippen LogP contribution in [-0.2, 0) is 0 Å². The highest BCUT2D eigenvalue weighted by Gasteiger charge is 2.47. The van der Waals surface area contributed by atoms with Gasteiger partial charge in [0.15, 0.2) is 0 Å². The first kappa shape index (κ1) is 15.5. The first-order valence-electron chi connectivity index (χ1n) is 9.45. The summed E-state index contributed by atoms with van der Waals surface area (Å²) in [5.74, 6) is 9.15. The average Bonchev–Trinajstić information content (AvgIpc) is 3.30. The van der Waals surface area contributed by atoms with Crippen molar-refractivity contribution in [2.45, 2.75) is 34.1 Å². The maximum Gasteiger partial charge on any atom is -0.0131 e. The summed E-state index contributed by atoms with van der Waals surface area (Å²) in [6.07, 6.45) is 22.4. The Bertz CT molecular complexity index is 525. The van der Waals surface area contributed by atoms with Gasteiger partial charge in [-0.3, -0.25) is 0 Å². The van der Waals surface area contributed by atoms with E-state index in [-0.39, 0.29) is 7.43 Å². The normalized spacial score (nSPS) is 54.9. The Balaban J connectivity index is 0.000000113. The number of hydrogen-bond donors (Lipinski definition) is 0. The zero-order valence-corrected chi connectivity index (χ0v) is 13.8. The van der Waals surface area contributed by atoms with Crippen molar-refractivity contribution in [3.8, 4) is 0 Å². The molecule has 6 rings (SSSR count). The van der Waals surface area contributed by atoms with Gasteiger partial charge in [0.25, 0.3) is 0 Å². The van der Waals surface area contributed by atoms with Gasteiger partial charge in [0, 0.05) is 0 Å². The second-order valence-corrected chi connectivity index (χ2v) is 8.69. The van der Waals surface area contributed by atoms with Crippen LogP contribution in [0.25, 0.3) is 0 Å². The molecule has 0 spiro atoms. The molecule has 10 atom stereocenters. The van der Waals surface area contributed by atoms with Gasteiger partial charge in [-0.15, -0.1) is 0 Å². The highest BCUT2D eigenvalue weighted by molar-refractivity contribution is 5.24. The second kappa shape index (κ2) is 5.50. The first-order chi connectivity index (χ1) is 10.7. The molecule has 0 saturated heterocycles. The monoisotopic (exact) mass is 308 g/mol. The van der Waals surface area contributed by atoms with Crippen LogP contribution in [0.15, 0.2) is 48.6 Å². The summed E-state index contributed by atoms with van der Waals surface area (Å²) < 4.78 is 0. The zero-order valence-electron chi connectivity index (χ0n) is 13.8. The van der Waals surface area contributed by atoms with Crippen LogP contribution in [0.4, 0.5) is 0 Å². The summed E-state index contributed by atoms with van der Waals surface area (Å²) in [6.45, 7) is 4.74. The van der Waals surface area contributed by atoms with Crippen LogP contribution in [0, 0.1) is 59.2 Å². The molecule has 0 amide bonds. The molecule has 2 fully saturated rings. The molecule has 0 N–H and O–H groups in total. The Morgan fingerprint density at radius 3 is 1.30 bits per heavy atom. The molecule has 10 unspecified atom stereocenters. The predicted molar refractivity (Wildman–Crippen MR) is 98.8 cm³/mol. The molecule has 6 aliphatic carbocycles. The van der Waals surface area contributed by atoms with Crippen molar-refractivity contribution >= 4 is 0 Å². The Morgan fingerprint density at radius 1 is 0.522 bits per heavy atom. The van der Waals surface area contributed by atoms with Gasteiger partial charge in [-0.25, -0.2) is 0 Å². The van der Waals surface area contributed by atoms with E-state index in [0.717, 1.165) is 59.2 Å². The summed E-state index contributed by atoms with van der Waals surface area (Å²) >= 11 is 0. The number of fused-ring (bicyclic) bond motifs is 10. The highest BCUT2D eigenvalue weighted by atomic mass is 14.5. The van der Waals surface area contributed by atoms with E-state index in [0.29, 0.717) is 0 Å². The lowest BCUT2D eigenvalue weighted by atomic mass is 9.81. The molecular formula is C23H32. The molecule has 0 nitrogen and oxygen atoms in total. The second-order valence-electron chi connectivity index (χ2n) is 8.69. The number of rotatable bonds is 0. The van der Waals surface area contributed by atoms with E-state index < -0.39 is 0 Å². The van der Waals surface area contributed by atoms with Crippen LogP contribution in [0.3, 0.4) is 0 Å². The number of hydrogen-bond acceptors (Lipinski definition) is 0. The fraction of sp³-hybridized carbons (Fsp3) is 0.652.